The fraction of sp³-hybridized carbons (Fsp3) is 0.158. The third kappa shape index (κ3) is 3.78. The Morgan fingerprint density at radius 3 is 2.70 bits per heavy atom. The third-order valence-corrected chi connectivity index (χ3v) is 4.09. The van der Waals surface area contributed by atoms with Crippen molar-refractivity contribution >= 4 is 23.2 Å². The molecule has 0 bridgehead atoms. The maximum absolute atomic E-state index is 14.2. The monoisotopic (exact) mass is 392 g/mol. The normalized spacial score (nSPS) is 10.7. The van der Waals surface area contributed by atoms with E-state index in [4.69, 9.17) is 20.9 Å². The molecule has 0 saturated carbocycles. The van der Waals surface area contributed by atoms with Crippen LogP contribution >= 0.6 is 11.6 Å². The van der Waals surface area contributed by atoms with Gasteiger partial charge in [0.15, 0.2) is 11.6 Å². The molecule has 3 aromatic rings. The van der Waals surface area contributed by atoms with Crippen molar-refractivity contribution in [2.45, 2.75) is 13.8 Å². The lowest BCUT2D eigenvalue weighted by Gasteiger charge is -2.09. The van der Waals surface area contributed by atoms with Gasteiger partial charge in [0.05, 0.1) is 17.2 Å². The van der Waals surface area contributed by atoms with Gasteiger partial charge < -0.3 is 14.6 Å². The summed E-state index contributed by atoms with van der Waals surface area (Å²) in [6.07, 6.45) is 0. The zero-order valence-corrected chi connectivity index (χ0v) is 15.2. The van der Waals surface area contributed by atoms with Crippen LogP contribution in [0.4, 0.5) is 14.5 Å². The zero-order chi connectivity index (χ0) is 19.6. The van der Waals surface area contributed by atoms with E-state index in [9.17, 15) is 13.6 Å². The fourth-order valence-electron chi connectivity index (χ4n) is 2.58. The van der Waals surface area contributed by atoms with Crippen molar-refractivity contribution in [2.75, 3.05) is 11.9 Å². The van der Waals surface area contributed by atoms with Crippen LogP contribution in [0.15, 0.2) is 40.9 Å². The van der Waals surface area contributed by atoms with Gasteiger partial charge in [-0.2, -0.15) is 0 Å². The largest absolute Gasteiger partial charge is 0.491 e. The number of halogens is 3. The number of rotatable bonds is 5. The van der Waals surface area contributed by atoms with E-state index in [-0.39, 0.29) is 39.0 Å². The number of amides is 1. The number of nitrogens with one attached hydrogen (secondary N) is 1. The second-order valence-electron chi connectivity index (χ2n) is 5.59. The highest BCUT2D eigenvalue weighted by molar-refractivity contribution is 6.33. The average molecular weight is 393 g/mol. The minimum absolute atomic E-state index is 0.0105. The first-order valence-electron chi connectivity index (χ1n) is 8.06. The minimum atomic E-state index is -0.642. The van der Waals surface area contributed by atoms with Gasteiger partial charge in [-0.05, 0) is 38.1 Å². The van der Waals surface area contributed by atoms with Crippen molar-refractivity contribution in [3.63, 3.8) is 0 Å². The molecule has 0 fully saturated rings. The number of anilines is 1. The number of hydrogen-bond acceptors (Lipinski definition) is 4. The lowest BCUT2D eigenvalue weighted by atomic mass is 10.0. The molecule has 0 atom stereocenters. The van der Waals surface area contributed by atoms with Crippen LogP contribution < -0.4 is 10.1 Å². The summed E-state index contributed by atoms with van der Waals surface area (Å²) in [6, 6.07) is 8.15. The van der Waals surface area contributed by atoms with E-state index in [0.29, 0.717) is 6.61 Å². The van der Waals surface area contributed by atoms with Gasteiger partial charge in [0.1, 0.15) is 22.8 Å². The molecule has 0 saturated heterocycles. The first kappa shape index (κ1) is 18.8. The van der Waals surface area contributed by atoms with Gasteiger partial charge >= 0.3 is 0 Å². The SMILES string of the molecule is CCOc1ccc(NC(=O)c2c(-c3c(F)cccc3Cl)noc2C)cc1F. The lowest BCUT2D eigenvalue weighted by Crippen LogP contribution is -2.14. The van der Waals surface area contributed by atoms with Gasteiger partial charge in [-0.1, -0.05) is 22.8 Å². The molecule has 1 amide bonds. The summed E-state index contributed by atoms with van der Waals surface area (Å²) in [4.78, 5) is 12.7. The Morgan fingerprint density at radius 2 is 2.04 bits per heavy atom. The van der Waals surface area contributed by atoms with Gasteiger partial charge in [0.25, 0.3) is 5.91 Å². The van der Waals surface area contributed by atoms with Crippen LogP contribution in [0.2, 0.25) is 5.02 Å². The van der Waals surface area contributed by atoms with E-state index >= 15 is 0 Å². The summed E-state index contributed by atoms with van der Waals surface area (Å²) in [6.45, 7) is 3.56. The first-order valence-corrected chi connectivity index (χ1v) is 8.44. The Labute approximate surface area is 158 Å². The molecule has 8 heteroatoms. The van der Waals surface area contributed by atoms with Crippen LogP contribution in [-0.4, -0.2) is 17.7 Å². The molecule has 0 radical (unpaired) electrons. The Kier molecular flexibility index (Phi) is 5.41. The molecule has 5 nitrogen and oxygen atoms in total. The van der Waals surface area contributed by atoms with Gasteiger partial charge in [-0.25, -0.2) is 8.78 Å². The van der Waals surface area contributed by atoms with Gasteiger partial charge in [0, 0.05) is 11.8 Å². The topological polar surface area (TPSA) is 64.4 Å². The predicted octanol–water partition coefficient (Wildman–Crippen LogP) is 5.23. The van der Waals surface area contributed by atoms with E-state index in [1.54, 1.807) is 6.92 Å². The van der Waals surface area contributed by atoms with Crippen LogP contribution in [0.5, 0.6) is 5.75 Å². The Hall–Kier alpha value is -2.93. The van der Waals surface area contributed by atoms with Crippen LogP contribution in [0.3, 0.4) is 0 Å². The van der Waals surface area contributed by atoms with Gasteiger partial charge in [-0.15, -0.1) is 0 Å². The lowest BCUT2D eigenvalue weighted by molar-refractivity contribution is 0.102. The van der Waals surface area contributed by atoms with Crippen molar-refractivity contribution in [1.82, 2.24) is 5.16 Å². The smallest absolute Gasteiger partial charge is 0.261 e. The summed E-state index contributed by atoms with van der Waals surface area (Å²) in [5.41, 5.74) is 0.141. The highest BCUT2D eigenvalue weighted by Crippen LogP contribution is 2.34. The molecule has 0 aliphatic heterocycles. The number of ether oxygens (including phenoxy) is 1. The standard InChI is InChI=1S/C19H15ClF2N2O3/c1-3-26-15-8-7-11(9-14(15)22)23-19(25)16-10(2)27-24-18(16)17-12(20)5-4-6-13(17)21/h4-9H,3H2,1-2H3,(H,23,25). The molecule has 0 aliphatic rings. The van der Waals surface area contributed by atoms with Crippen LogP contribution in [0, 0.1) is 18.6 Å². The number of carbonyl (C=O) groups is 1. The third-order valence-electron chi connectivity index (χ3n) is 3.78. The molecule has 3 rings (SSSR count). The van der Waals surface area contributed by atoms with Crippen molar-refractivity contribution < 1.29 is 22.8 Å². The minimum Gasteiger partial charge on any atom is -0.491 e. The van der Waals surface area contributed by atoms with Crippen molar-refractivity contribution in [3.8, 4) is 17.0 Å². The molecule has 1 aromatic heterocycles. The second-order valence-corrected chi connectivity index (χ2v) is 6.00. The molecule has 0 unspecified atom stereocenters. The van der Waals surface area contributed by atoms with E-state index < -0.39 is 17.5 Å². The number of carbonyl (C=O) groups excluding carboxylic acids is 1. The fourth-order valence-corrected chi connectivity index (χ4v) is 2.83. The number of aromatic nitrogens is 1. The summed E-state index contributed by atoms with van der Waals surface area (Å²) in [5, 5.41) is 6.40. The van der Waals surface area contributed by atoms with Crippen molar-refractivity contribution in [2.24, 2.45) is 0 Å². The molecule has 0 spiro atoms. The maximum atomic E-state index is 14.2. The maximum Gasteiger partial charge on any atom is 0.261 e. The molecule has 1 heterocycles. The summed E-state index contributed by atoms with van der Waals surface area (Å²) in [7, 11) is 0. The summed E-state index contributed by atoms with van der Waals surface area (Å²) >= 11 is 6.06. The number of hydrogen-bond donors (Lipinski definition) is 1. The summed E-state index contributed by atoms with van der Waals surface area (Å²) < 4.78 is 38.4. The number of aryl methyl sites for hydroxylation is 1. The van der Waals surface area contributed by atoms with E-state index in [1.165, 1.54) is 37.3 Å². The van der Waals surface area contributed by atoms with Crippen LogP contribution in [0.1, 0.15) is 23.0 Å². The molecule has 1 N–H and O–H groups in total. The van der Waals surface area contributed by atoms with Crippen molar-refractivity contribution in [3.05, 3.63) is 64.4 Å². The van der Waals surface area contributed by atoms with Gasteiger partial charge in [-0.3, -0.25) is 4.79 Å². The van der Waals surface area contributed by atoms with Crippen LogP contribution in [-0.2, 0) is 0 Å². The van der Waals surface area contributed by atoms with Crippen molar-refractivity contribution in [1.29, 1.82) is 0 Å². The molecule has 27 heavy (non-hydrogen) atoms. The number of nitrogens with zero attached hydrogens (tertiary/aromatic N) is 1. The average Bonchev–Trinajstić information content (AvgIpc) is 2.99. The Bertz CT molecular complexity index is 984. The predicted molar refractivity (Wildman–Crippen MR) is 97.2 cm³/mol. The Morgan fingerprint density at radius 1 is 1.26 bits per heavy atom. The highest BCUT2D eigenvalue weighted by atomic mass is 35.5. The quantitative estimate of drug-likeness (QED) is 0.645. The first-order chi connectivity index (χ1) is 12.9. The van der Waals surface area contributed by atoms with E-state index in [2.05, 4.69) is 10.5 Å². The molecular formula is C19H15ClF2N2O3. The molecule has 0 aliphatic carbocycles. The second kappa shape index (κ2) is 7.75. The molecule has 140 valence electrons. The summed E-state index contributed by atoms with van der Waals surface area (Å²) in [5.74, 6) is -1.64. The van der Waals surface area contributed by atoms with Crippen LogP contribution in [0.25, 0.3) is 11.3 Å². The van der Waals surface area contributed by atoms with E-state index in [0.717, 1.165) is 6.07 Å². The Balaban J connectivity index is 1.95. The van der Waals surface area contributed by atoms with E-state index in [1.807, 2.05) is 0 Å². The highest BCUT2D eigenvalue weighted by Gasteiger charge is 2.25. The van der Waals surface area contributed by atoms with Gasteiger partial charge in [0.2, 0.25) is 0 Å². The molecule has 2 aromatic carbocycles. The zero-order valence-electron chi connectivity index (χ0n) is 14.5. The molecular weight excluding hydrogens is 378 g/mol. The number of benzene rings is 2.